The van der Waals surface area contributed by atoms with E-state index in [4.69, 9.17) is 4.42 Å². The number of carbonyl (C=O) groups excluding carboxylic acids is 5. The number of H-pyrrole nitrogens is 1. The Bertz CT molecular complexity index is 2770. The van der Waals surface area contributed by atoms with Gasteiger partial charge in [0.2, 0.25) is 35.3 Å². The second kappa shape index (κ2) is 28.4. The summed E-state index contributed by atoms with van der Waals surface area (Å²) in [5.41, 5.74) is 2.73. The molecule has 0 radical (unpaired) electrons. The normalized spacial score (nSPS) is 21.9. The van der Waals surface area contributed by atoms with Gasteiger partial charge in [0, 0.05) is 54.1 Å². The Kier molecular flexibility index (Phi) is 25.1. The van der Waals surface area contributed by atoms with Gasteiger partial charge in [-0.15, -0.1) is 0 Å². The third kappa shape index (κ3) is 25.2. The number of oxazole rings is 1. The zero-order valence-electron chi connectivity index (χ0n) is 55.3. The number of imide groups is 1. The van der Waals surface area contributed by atoms with Crippen molar-refractivity contribution in [1.29, 1.82) is 0 Å². The van der Waals surface area contributed by atoms with Crippen molar-refractivity contribution in [1.82, 2.24) is 35.8 Å². The number of benzene rings is 1. The lowest BCUT2D eigenvalue weighted by Gasteiger charge is -2.29. The van der Waals surface area contributed by atoms with E-state index in [1.54, 1.807) is 18.7 Å². The van der Waals surface area contributed by atoms with Crippen molar-refractivity contribution < 1.29 is 33.5 Å². The van der Waals surface area contributed by atoms with Crippen LogP contribution < -0.4 is 21.5 Å². The maximum atomic E-state index is 12.1. The maximum absolute atomic E-state index is 12.1. The van der Waals surface area contributed by atoms with Crippen molar-refractivity contribution in [2.75, 3.05) is 6.54 Å². The van der Waals surface area contributed by atoms with Crippen molar-refractivity contribution in [2.45, 2.75) is 227 Å². The highest BCUT2D eigenvalue weighted by Gasteiger charge is 2.49. The number of likely N-dealkylation sites (tertiary alicyclic amines) is 1. The van der Waals surface area contributed by atoms with Crippen molar-refractivity contribution in [3.05, 3.63) is 100 Å². The molecule has 5 amide bonds. The fourth-order valence-corrected chi connectivity index (χ4v) is 12.2. The van der Waals surface area contributed by atoms with Crippen molar-refractivity contribution in [2.24, 2.45) is 43.8 Å². The number of rotatable bonds is 8. The summed E-state index contributed by atoms with van der Waals surface area (Å²) in [5.74, 6) is 2.44. The van der Waals surface area contributed by atoms with Crippen molar-refractivity contribution >= 4 is 41.3 Å². The summed E-state index contributed by atoms with van der Waals surface area (Å²) in [5, 5.41) is 18.5. The number of carbonyl (C=O) groups is 5. The van der Waals surface area contributed by atoms with Gasteiger partial charge in [0.05, 0.1) is 32.5 Å². The molecule has 6 heterocycles. The highest BCUT2D eigenvalue weighted by Crippen LogP contribution is 2.45. The number of hydrogen-bond acceptors (Lipinski definition) is 11. The molecule has 15 nitrogen and oxygen atoms in total. The summed E-state index contributed by atoms with van der Waals surface area (Å²) in [4.78, 5) is 81.6. The molecule has 0 aliphatic carbocycles. The second-order valence-corrected chi connectivity index (χ2v) is 32.4. The molecule has 4 aliphatic rings. The van der Waals surface area contributed by atoms with Crippen LogP contribution in [0.15, 0.2) is 81.9 Å². The minimum absolute atomic E-state index is 0.00456. The quantitative estimate of drug-likeness (QED) is 0.134. The van der Waals surface area contributed by atoms with Crippen LogP contribution in [0.2, 0.25) is 0 Å². The van der Waals surface area contributed by atoms with Crippen LogP contribution in [0.25, 0.3) is 11.3 Å². The van der Waals surface area contributed by atoms with E-state index in [9.17, 15) is 33.9 Å². The Hall–Kier alpha value is -5.77. The number of aromatic hydroxyl groups is 1. The van der Waals surface area contributed by atoms with E-state index in [0.717, 1.165) is 85.0 Å². The van der Waals surface area contributed by atoms with Gasteiger partial charge in [0.25, 0.3) is 5.56 Å². The Labute approximate surface area is 503 Å². The van der Waals surface area contributed by atoms with Crippen molar-refractivity contribution in [3.63, 3.8) is 0 Å². The number of nitrogens with one attached hydrogen (secondary N) is 4. The topological polar surface area (TPSA) is 217 Å². The molecule has 83 heavy (non-hydrogen) atoms. The van der Waals surface area contributed by atoms with E-state index in [2.05, 4.69) is 154 Å². The zero-order chi connectivity index (χ0) is 64.3. The van der Waals surface area contributed by atoms with Gasteiger partial charge < -0.3 is 30.5 Å². The molecule has 3 aromatic rings. The zero-order valence-corrected chi connectivity index (χ0v) is 56.1. The van der Waals surface area contributed by atoms with Crippen LogP contribution in [0, 0.1) is 50.7 Å². The van der Waals surface area contributed by atoms with Crippen molar-refractivity contribution in [3.8, 4) is 17.1 Å². The standard InChI is InChI=1S/C15H19NO.C12H21NO2.C11H19NO.C10H17NOS.C10H17NO.C9H14N2O2/c1-15(2,3)10-9-14-16-11-13(17-14)12-7-5-4-6-8-12;1-6-13-9(14)7-12(5,10(13)15)8-11(2,3)4;1-8-6-11(5,9(13)12-8)7-10(2,3)4;1-7-11-8(12)10(5,13-7)6-9(2,3)4;1-7-5-8(9(12)11-7)6-10(2,3)4;1-5-10-7(9(2,3)4)6(12)8(13)11-5/h4-8,11H,9-10H2,1-3H3;6-8H2,1-5H3;1,6-7H2,2-5H3,(H,12,13);1,6H2,2-5H3,(H,11,12);8H,1,5-6H2,2-4H3,(H,11,12);12H,1-4H3,(H,10,11,13). The number of allylic oxidation sites excluding steroid dienone is 2. The van der Waals surface area contributed by atoms with Gasteiger partial charge in [0.1, 0.15) is 5.82 Å². The van der Waals surface area contributed by atoms with Gasteiger partial charge >= 0.3 is 0 Å². The van der Waals surface area contributed by atoms with E-state index in [1.165, 1.54) is 4.90 Å². The van der Waals surface area contributed by atoms with Gasteiger partial charge in [-0.3, -0.25) is 33.7 Å². The number of aromatic nitrogens is 3. The Morgan fingerprint density at radius 1 is 0.699 bits per heavy atom. The molecule has 1 aromatic carbocycles. The first kappa shape index (κ1) is 73.3. The number of amides is 5. The Balaban J connectivity index is 0.000000341. The van der Waals surface area contributed by atoms with Crippen LogP contribution >= 0.6 is 11.8 Å². The van der Waals surface area contributed by atoms with Crippen LogP contribution in [0.3, 0.4) is 0 Å². The van der Waals surface area contributed by atoms with Crippen LogP contribution in [0.1, 0.15) is 221 Å². The third-order valence-electron chi connectivity index (χ3n) is 13.6. The molecule has 7 rings (SSSR count). The summed E-state index contributed by atoms with van der Waals surface area (Å²) in [6, 6.07) is 10.1. The maximum Gasteiger partial charge on any atom is 0.293 e. The molecule has 4 aliphatic heterocycles. The molecule has 4 atom stereocenters. The molecule has 0 spiro atoms. The van der Waals surface area contributed by atoms with Gasteiger partial charge in [-0.1, -0.05) is 200 Å². The third-order valence-corrected chi connectivity index (χ3v) is 14.7. The largest absolute Gasteiger partial charge is 0.502 e. The molecule has 2 aromatic heterocycles. The average Bonchev–Trinajstić information content (AvgIpc) is 4.05. The first-order valence-corrected chi connectivity index (χ1v) is 30.0. The molecular weight excluding hydrogens is 1060 g/mol. The number of aryl methyl sites for hydroxylation is 2. The molecule has 0 bridgehead atoms. The molecule has 5 N–H and O–H groups in total. The smallest absolute Gasteiger partial charge is 0.293 e. The predicted molar refractivity (Wildman–Crippen MR) is 340 cm³/mol. The van der Waals surface area contributed by atoms with E-state index in [-0.39, 0.29) is 78.4 Å². The molecule has 0 saturated carbocycles. The minimum atomic E-state index is -0.481. The highest BCUT2D eigenvalue weighted by molar-refractivity contribution is 8.05. The Morgan fingerprint density at radius 2 is 1.24 bits per heavy atom. The summed E-state index contributed by atoms with van der Waals surface area (Å²) < 4.78 is 5.43. The second-order valence-electron chi connectivity index (χ2n) is 30.8. The fourth-order valence-electron chi connectivity index (χ4n) is 10.9. The molecule has 4 saturated heterocycles. The SMILES string of the molecule is C=C1CC(C)(CC(C)(C)C)C(=O)N1.C=C1CC(CC(C)(C)C)C(=O)N1.C=C1NC(=O)C(C)(CC(C)(C)C)S1.CC(C)(C)CCc1ncc(-c2ccccc2)o1.CCN1C(=O)CC(C)(CC(C)(C)C)C1=O.Cc1nc(C(C)(C)C)c(O)c(=O)[nH]1. The molecule has 4 unspecified atom stereocenters. The summed E-state index contributed by atoms with van der Waals surface area (Å²) in [6.07, 6.45) is 9.25. The number of hydrogen-bond donors (Lipinski definition) is 5. The summed E-state index contributed by atoms with van der Waals surface area (Å²) in [7, 11) is 0. The van der Waals surface area contributed by atoms with Crippen LogP contribution in [0.5, 0.6) is 5.75 Å². The van der Waals surface area contributed by atoms with Gasteiger partial charge in [-0.05, 0) is 86.4 Å². The Morgan fingerprint density at radius 3 is 1.65 bits per heavy atom. The monoisotopic (exact) mass is 1170 g/mol. The molecule has 16 heteroatoms. The number of aromatic amines is 1. The molecule has 4 fully saturated rings. The summed E-state index contributed by atoms with van der Waals surface area (Å²) >= 11 is 1.55. The van der Waals surface area contributed by atoms with Gasteiger partial charge in [-0.2, -0.15) is 0 Å². The fraction of sp³-hybridized carbons (Fsp3) is 0.642. The van der Waals surface area contributed by atoms with Gasteiger partial charge in [-0.25, -0.2) is 9.97 Å². The first-order valence-electron chi connectivity index (χ1n) is 29.2. The van der Waals surface area contributed by atoms with E-state index < -0.39 is 11.0 Å². The van der Waals surface area contributed by atoms with Crippen LogP contribution in [-0.4, -0.2) is 65.8 Å². The first-order chi connectivity index (χ1) is 37.4. The number of thioether (sulfide) groups is 1. The van der Waals surface area contributed by atoms with Gasteiger partial charge in [0.15, 0.2) is 11.7 Å². The lowest BCUT2D eigenvalue weighted by atomic mass is 9.74. The summed E-state index contributed by atoms with van der Waals surface area (Å²) in [6.45, 7) is 59.3. The predicted octanol–water partition coefficient (Wildman–Crippen LogP) is 14.7. The highest BCUT2D eigenvalue weighted by atomic mass is 32.2. The lowest BCUT2D eigenvalue weighted by Crippen LogP contribution is -2.36. The van der Waals surface area contributed by atoms with E-state index >= 15 is 0 Å². The molecule has 464 valence electrons. The number of nitrogens with zero attached hydrogens (tertiary/aromatic N) is 3. The van der Waals surface area contributed by atoms with Crippen LogP contribution in [0.4, 0.5) is 0 Å². The lowest BCUT2D eigenvalue weighted by molar-refractivity contribution is -0.141. The van der Waals surface area contributed by atoms with Crippen LogP contribution in [-0.2, 0) is 35.8 Å². The molecular formula is C67H107N7O8S. The average molecular weight is 1170 g/mol. The van der Waals surface area contributed by atoms with E-state index in [1.807, 2.05) is 85.0 Å². The minimum Gasteiger partial charge on any atom is -0.502 e. The van der Waals surface area contributed by atoms with E-state index in [0.29, 0.717) is 29.9 Å².